The minimum atomic E-state index is -0.549. The normalized spacial score (nSPS) is 11.8. The van der Waals surface area contributed by atoms with Crippen LogP contribution in [0.15, 0.2) is 47.4 Å². The molecule has 0 heterocycles. The molecule has 0 bridgehead atoms. The Bertz CT molecular complexity index is 862. The molecule has 0 fully saturated rings. The molecule has 4 nitrogen and oxygen atoms in total. The number of carbonyl (C=O) groups is 2. The summed E-state index contributed by atoms with van der Waals surface area (Å²) in [5.74, 6) is 0.365. The van der Waals surface area contributed by atoms with Crippen LogP contribution in [-0.2, 0) is 16.1 Å². The van der Waals surface area contributed by atoms with Gasteiger partial charge < -0.3 is 10.2 Å². The molecule has 0 radical (unpaired) electrons. The van der Waals surface area contributed by atoms with Crippen LogP contribution in [0.4, 0.5) is 0 Å². The molecule has 1 N–H and O–H groups in total. The molecular formula is C22H25Cl3N2O2S. The SMILES string of the molecule is CCNC(=O)[C@@H](CC)N(Cc1ccc(Cl)c(Cl)c1)C(=O)CCSc1ccc(Cl)cc1. The Hall–Kier alpha value is -1.40. The lowest BCUT2D eigenvalue weighted by atomic mass is 10.1. The van der Waals surface area contributed by atoms with Gasteiger partial charge in [-0.3, -0.25) is 9.59 Å². The van der Waals surface area contributed by atoms with Gasteiger partial charge in [0, 0.05) is 35.2 Å². The zero-order valence-electron chi connectivity index (χ0n) is 17.0. The van der Waals surface area contributed by atoms with Crippen molar-refractivity contribution in [2.75, 3.05) is 12.3 Å². The Labute approximate surface area is 197 Å². The summed E-state index contributed by atoms with van der Waals surface area (Å²) in [5.41, 5.74) is 0.825. The van der Waals surface area contributed by atoms with Crippen LogP contribution < -0.4 is 5.32 Å². The number of amides is 2. The third-order valence-corrected chi connectivity index (χ3v) is 6.48. The molecule has 0 aliphatic heterocycles. The molecule has 2 rings (SSSR count). The van der Waals surface area contributed by atoms with Crippen molar-refractivity contribution in [2.24, 2.45) is 0 Å². The highest BCUT2D eigenvalue weighted by Gasteiger charge is 2.28. The summed E-state index contributed by atoms with van der Waals surface area (Å²) in [5, 5.41) is 4.38. The number of likely N-dealkylation sites (N-methyl/N-ethyl adjacent to an activating group) is 1. The van der Waals surface area contributed by atoms with Crippen molar-refractivity contribution in [2.45, 2.75) is 44.2 Å². The van der Waals surface area contributed by atoms with Crippen molar-refractivity contribution in [1.82, 2.24) is 10.2 Å². The predicted molar refractivity (Wildman–Crippen MR) is 127 cm³/mol. The van der Waals surface area contributed by atoms with Gasteiger partial charge in [-0.15, -0.1) is 11.8 Å². The fourth-order valence-electron chi connectivity index (χ4n) is 2.98. The maximum atomic E-state index is 13.1. The molecular weight excluding hydrogens is 463 g/mol. The number of benzene rings is 2. The minimum absolute atomic E-state index is 0.0827. The van der Waals surface area contributed by atoms with Crippen molar-refractivity contribution >= 4 is 58.4 Å². The van der Waals surface area contributed by atoms with Crippen molar-refractivity contribution < 1.29 is 9.59 Å². The summed E-state index contributed by atoms with van der Waals surface area (Å²) in [4.78, 5) is 28.4. The summed E-state index contributed by atoms with van der Waals surface area (Å²) in [7, 11) is 0. The van der Waals surface area contributed by atoms with Crippen LogP contribution in [0.3, 0.4) is 0 Å². The summed E-state index contributed by atoms with van der Waals surface area (Å²) in [6.45, 7) is 4.56. The summed E-state index contributed by atoms with van der Waals surface area (Å²) in [6.07, 6.45) is 0.827. The van der Waals surface area contributed by atoms with Gasteiger partial charge in [0.05, 0.1) is 10.0 Å². The molecule has 0 spiro atoms. The van der Waals surface area contributed by atoms with Gasteiger partial charge in [0.15, 0.2) is 0 Å². The first-order chi connectivity index (χ1) is 14.3. The van der Waals surface area contributed by atoms with Crippen LogP contribution in [0.1, 0.15) is 32.3 Å². The molecule has 2 aromatic carbocycles. The Kier molecular flexibility index (Phi) is 10.3. The van der Waals surface area contributed by atoms with Gasteiger partial charge >= 0.3 is 0 Å². The van der Waals surface area contributed by atoms with Crippen molar-refractivity contribution in [1.29, 1.82) is 0 Å². The Morgan fingerprint density at radius 2 is 1.73 bits per heavy atom. The Morgan fingerprint density at radius 3 is 2.33 bits per heavy atom. The average molecular weight is 488 g/mol. The molecule has 2 amide bonds. The zero-order valence-corrected chi connectivity index (χ0v) is 20.0. The maximum Gasteiger partial charge on any atom is 0.242 e. The van der Waals surface area contributed by atoms with Crippen LogP contribution >= 0.6 is 46.6 Å². The molecule has 0 aliphatic carbocycles. The summed E-state index contributed by atoms with van der Waals surface area (Å²) >= 11 is 19.6. The summed E-state index contributed by atoms with van der Waals surface area (Å²) < 4.78 is 0. The van der Waals surface area contributed by atoms with Crippen LogP contribution in [0, 0.1) is 0 Å². The van der Waals surface area contributed by atoms with Crippen LogP contribution in [0.25, 0.3) is 0 Å². The zero-order chi connectivity index (χ0) is 22.1. The van der Waals surface area contributed by atoms with E-state index in [9.17, 15) is 9.59 Å². The van der Waals surface area contributed by atoms with E-state index in [4.69, 9.17) is 34.8 Å². The van der Waals surface area contributed by atoms with E-state index in [1.165, 1.54) is 0 Å². The Balaban J connectivity index is 2.13. The van der Waals surface area contributed by atoms with Gasteiger partial charge in [-0.1, -0.05) is 47.8 Å². The topological polar surface area (TPSA) is 49.4 Å². The minimum Gasteiger partial charge on any atom is -0.355 e. The van der Waals surface area contributed by atoms with E-state index in [1.54, 1.807) is 28.8 Å². The highest BCUT2D eigenvalue weighted by atomic mass is 35.5. The average Bonchev–Trinajstić information content (AvgIpc) is 2.72. The highest BCUT2D eigenvalue weighted by molar-refractivity contribution is 7.99. The van der Waals surface area contributed by atoms with E-state index in [-0.39, 0.29) is 18.4 Å². The second-order valence-electron chi connectivity index (χ2n) is 6.64. The lowest BCUT2D eigenvalue weighted by molar-refractivity contribution is -0.141. The molecule has 2 aromatic rings. The number of rotatable bonds is 10. The maximum absolute atomic E-state index is 13.1. The number of hydrogen-bond donors (Lipinski definition) is 1. The lowest BCUT2D eigenvalue weighted by Crippen LogP contribution is -2.49. The van der Waals surface area contributed by atoms with Gasteiger partial charge in [0.25, 0.3) is 0 Å². The van der Waals surface area contributed by atoms with Crippen molar-refractivity contribution in [3.8, 4) is 0 Å². The number of nitrogens with one attached hydrogen (secondary N) is 1. The monoisotopic (exact) mass is 486 g/mol. The number of carbonyl (C=O) groups excluding carboxylic acids is 2. The quantitative estimate of drug-likeness (QED) is 0.414. The van der Waals surface area contributed by atoms with Gasteiger partial charge in [-0.2, -0.15) is 0 Å². The van der Waals surface area contributed by atoms with Gasteiger partial charge in [0.2, 0.25) is 11.8 Å². The number of nitrogens with zero attached hydrogens (tertiary/aromatic N) is 1. The highest BCUT2D eigenvalue weighted by Crippen LogP contribution is 2.25. The van der Waals surface area contributed by atoms with Crippen LogP contribution in [0.2, 0.25) is 15.1 Å². The molecule has 0 unspecified atom stereocenters. The van der Waals surface area contributed by atoms with Crippen LogP contribution in [0.5, 0.6) is 0 Å². The second kappa shape index (κ2) is 12.5. The van der Waals surface area contributed by atoms with E-state index in [2.05, 4.69) is 5.32 Å². The van der Waals surface area contributed by atoms with Crippen molar-refractivity contribution in [3.05, 3.63) is 63.1 Å². The van der Waals surface area contributed by atoms with E-state index in [1.807, 2.05) is 44.2 Å². The number of thioether (sulfide) groups is 1. The van der Waals surface area contributed by atoms with E-state index in [0.717, 1.165) is 10.5 Å². The molecule has 0 aliphatic rings. The predicted octanol–water partition coefficient (Wildman–Crippen LogP) is 6.07. The second-order valence-corrected chi connectivity index (χ2v) is 9.06. The van der Waals surface area contributed by atoms with Gasteiger partial charge in [-0.05, 0) is 55.3 Å². The molecule has 1 atom stereocenters. The van der Waals surface area contributed by atoms with Crippen LogP contribution in [-0.4, -0.2) is 35.1 Å². The number of hydrogen-bond acceptors (Lipinski definition) is 3. The molecule has 30 heavy (non-hydrogen) atoms. The van der Waals surface area contributed by atoms with E-state index >= 15 is 0 Å². The standard InChI is InChI=1S/C22H25Cl3N2O2S/c1-3-20(22(29)26-4-2)27(14-15-5-10-18(24)19(25)13-15)21(28)11-12-30-17-8-6-16(23)7-9-17/h5-10,13,20H,3-4,11-12,14H2,1-2H3,(H,26,29)/t20-/m1/s1. The van der Waals surface area contributed by atoms with Gasteiger partial charge in [-0.25, -0.2) is 0 Å². The summed E-state index contributed by atoms with van der Waals surface area (Å²) in [6, 6.07) is 12.2. The Morgan fingerprint density at radius 1 is 1.03 bits per heavy atom. The third kappa shape index (κ3) is 7.38. The van der Waals surface area contributed by atoms with E-state index < -0.39 is 6.04 Å². The fourth-order valence-corrected chi connectivity index (χ4v) is 4.26. The first kappa shape index (κ1) is 24.9. The number of halogens is 3. The first-order valence-electron chi connectivity index (χ1n) is 9.75. The molecule has 8 heteroatoms. The molecule has 0 aromatic heterocycles. The molecule has 162 valence electrons. The fraction of sp³-hybridized carbons (Fsp3) is 0.364. The lowest BCUT2D eigenvalue weighted by Gasteiger charge is -2.30. The molecule has 0 saturated heterocycles. The van der Waals surface area contributed by atoms with E-state index in [0.29, 0.717) is 40.2 Å². The largest absolute Gasteiger partial charge is 0.355 e. The first-order valence-corrected chi connectivity index (χ1v) is 11.9. The van der Waals surface area contributed by atoms with Gasteiger partial charge in [0.1, 0.15) is 6.04 Å². The smallest absolute Gasteiger partial charge is 0.242 e. The molecule has 0 saturated carbocycles. The third-order valence-electron chi connectivity index (χ3n) is 4.47. The van der Waals surface area contributed by atoms with Crippen molar-refractivity contribution in [3.63, 3.8) is 0 Å².